The van der Waals surface area contributed by atoms with Gasteiger partial charge in [-0.1, -0.05) is 43.8 Å². The van der Waals surface area contributed by atoms with Crippen LogP contribution in [0.25, 0.3) is 0 Å². The molecule has 0 atom stereocenters. The van der Waals surface area contributed by atoms with E-state index < -0.39 is 0 Å². The van der Waals surface area contributed by atoms with Gasteiger partial charge in [-0.3, -0.25) is 0 Å². The van der Waals surface area contributed by atoms with Crippen molar-refractivity contribution in [2.75, 3.05) is 5.84 Å². The molecule has 0 radical (unpaired) electrons. The molecule has 0 saturated heterocycles. The number of benzene rings is 1. The summed E-state index contributed by atoms with van der Waals surface area (Å²) in [5, 5.41) is 8.63. The maximum Gasteiger partial charge on any atom is 0.210 e. The van der Waals surface area contributed by atoms with E-state index in [1.807, 2.05) is 19.9 Å². The van der Waals surface area contributed by atoms with E-state index in [1.54, 1.807) is 12.1 Å². The molecule has 1 aromatic carbocycles. The number of nitrogens with zero attached hydrogens (tertiary/aromatic N) is 3. The highest BCUT2D eigenvalue weighted by molar-refractivity contribution is 7.98. The van der Waals surface area contributed by atoms with Gasteiger partial charge in [-0.15, -0.1) is 10.2 Å². The summed E-state index contributed by atoms with van der Waals surface area (Å²) < 4.78 is 14.9. The first-order valence-electron chi connectivity index (χ1n) is 5.66. The zero-order valence-corrected chi connectivity index (χ0v) is 11.1. The molecule has 1 heterocycles. The van der Waals surface area contributed by atoms with E-state index in [4.69, 9.17) is 5.84 Å². The molecule has 2 rings (SSSR count). The maximum atomic E-state index is 13.4. The smallest absolute Gasteiger partial charge is 0.210 e. The molecule has 0 aliphatic carbocycles. The van der Waals surface area contributed by atoms with Crippen LogP contribution in [-0.2, 0) is 5.75 Å². The lowest BCUT2D eigenvalue weighted by molar-refractivity contribution is 0.617. The molecule has 4 nitrogen and oxygen atoms in total. The van der Waals surface area contributed by atoms with Crippen LogP contribution in [0.4, 0.5) is 4.39 Å². The summed E-state index contributed by atoms with van der Waals surface area (Å²) in [7, 11) is 0. The Kier molecular flexibility index (Phi) is 3.86. The van der Waals surface area contributed by atoms with Crippen molar-refractivity contribution in [2.45, 2.75) is 30.7 Å². The maximum absolute atomic E-state index is 13.4. The predicted molar refractivity (Wildman–Crippen MR) is 70.2 cm³/mol. The molecule has 0 spiro atoms. The van der Waals surface area contributed by atoms with E-state index >= 15 is 0 Å². The Labute approximate surface area is 109 Å². The number of thioether (sulfide) groups is 1. The second-order valence-corrected chi connectivity index (χ2v) is 5.19. The Hall–Kier alpha value is -1.56. The molecule has 2 aromatic rings. The van der Waals surface area contributed by atoms with E-state index in [9.17, 15) is 4.39 Å². The van der Waals surface area contributed by atoms with E-state index in [1.165, 1.54) is 22.5 Å². The van der Waals surface area contributed by atoms with Crippen LogP contribution in [0.3, 0.4) is 0 Å². The zero-order chi connectivity index (χ0) is 13.1. The minimum absolute atomic E-state index is 0.211. The number of aromatic nitrogens is 3. The number of hydrogen-bond donors (Lipinski definition) is 1. The Morgan fingerprint density at radius 2 is 2.06 bits per heavy atom. The molecule has 0 aliphatic heterocycles. The average Bonchev–Trinajstić information content (AvgIpc) is 2.70. The molecule has 2 N–H and O–H groups in total. The van der Waals surface area contributed by atoms with Crippen LogP contribution in [-0.4, -0.2) is 14.9 Å². The minimum atomic E-state index is -0.211. The summed E-state index contributed by atoms with van der Waals surface area (Å²) in [5.41, 5.74) is 0.636. The minimum Gasteiger partial charge on any atom is -0.336 e. The van der Waals surface area contributed by atoms with Crippen LogP contribution in [0.5, 0.6) is 0 Å². The Balaban J connectivity index is 2.09. The fraction of sp³-hybridized carbons (Fsp3) is 0.333. The fourth-order valence-corrected chi connectivity index (χ4v) is 2.39. The summed E-state index contributed by atoms with van der Waals surface area (Å²) in [4.78, 5) is 0. The van der Waals surface area contributed by atoms with Gasteiger partial charge in [-0.2, -0.15) is 0 Å². The first-order valence-corrected chi connectivity index (χ1v) is 6.64. The van der Waals surface area contributed by atoms with Crippen LogP contribution >= 0.6 is 11.8 Å². The van der Waals surface area contributed by atoms with Crippen molar-refractivity contribution in [1.29, 1.82) is 0 Å². The molecule has 0 unspecified atom stereocenters. The van der Waals surface area contributed by atoms with Crippen molar-refractivity contribution < 1.29 is 4.39 Å². The van der Waals surface area contributed by atoms with Gasteiger partial charge in [-0.25, -0.2) is 9.07 Å². The van der Waals surface area contributed by atoms with Crippen molar-refractivity contribution in [3.63, 3.8) is 0 Å². The lowest BCUT2D eigenvalue weighted by Crippen LogP contribution is -2.14. The summed E-state index contributed by atoms with van der Waals surface area (Å²) in [6.45, 7) is 4.00. The third kappa shape index (κ3) is 2.64. The van der Waals surface area contributed by atoms with Gasteiger partial charge >= 0.3 is 0 Å². The molecule has 1 aromatic heterocycles. The predicted octanol–water partition coefficient (Wildman–Crippen LogP) is 2.55. The van der Waals surface area contributed by atoms with Crippen molar-refractivity contribution in [3.8, 4) is 0 Å². The topological polar surface area (TPSA) is 56.7 Å². The summed E-state index contributed by atoms with van der Waals surface area (Å²) in [6.07, 6.45) is 0. The van der Waals surface area contributed by atoms with E-state index in [0.717, 1.165) is 5.82 Å². The van der Waals surface area contributed by atoms with Crippen LogP contribution in [0.1, 0.15) is 31.2 Å². The Morgan fingerprint density at radius 1 is 1.33 bits per heavy atom. The second-order valence-electron chi connectivity index (χ2n) is 4.25. The third-order valence-electron chi connectivity index (χ3n) is 2.52. The molecule has 0 fully saturated rings. The second kappa shape index (κ2) is 5.39. The molecule has 6 heteroatoms. The molecule has 96 valence electrons. The Bertz CT molecular complexity index is 539. The largest absolute Gasteiger partial charge is 0.336 e. The highest BCUT2D eigenvalue weighted by Crippen LogP contribution is 2.23. The molecular weight excluding hydrogens is 251 g/mol. The van der Waals surface area contributed by atoms with E-state index in [2.05, 4.69) is 10.2 Å². The summed E-state index contributed by atoms with van der Waals surface area (Å²) >= 11 is 1.38. The van der Waals surface area contributed by atoms with Gasteiger partial charge in [0, 0.05) is 11.7 Å². The molecule has 0 bridgehead atoms. The average molecular weight is 266 g/mol. The monoisotopic (exact) mass is 266 g/mol. The number of rotatable bonds is 4. The van der Waals surface area contributed by atoms with Crippen molar-refractivity contribution in [2.24, 2.45) is 0 Å². The van der Waals surface area contributed by atoms with Crippen LogP contribution < -0.4 is 5.84 Å². The summed E-state index contributed by atoms with van der Waals surface area (Å²) in [6, 6.07) is 6.68. The first kappa shape index (κ1) is 12.9. The summed E-state index contributed by atoms with van der Waals surface area (Å²) in [5.74, 6) is 7.10. The van der Waals surface area contributed by atoms with Gasteiger partial charge in [-0.05, 0) is 11.6 Å². The highest BCUT2D eigenvalue weighted by atomic mass is 32.2. The van der Waals surface area contributed by atoms with Gasteiger partial charge in [0.2, 0.25) is 5.16 Å². The van der Waals surface area contributed by atoms with Gasteiger partial charge < -0.3 is 5.84 Å². The number of nitrogen functional groups attached to an aromatic ring is 1. The lowest BCUT2D eigenvalue weighted by Gasteiger charge is -2.05. The molecule has 0 saturated carbocycles. The highest BCUT2D eigenvalue weighted by Gasteiger charge is 2.13. The normalized spacial score (nSPS) is 11.1. The van der Waals surface area contributed by atoms with E-state index in [0.29, 0.717) is 16.5 Å². The lowest BCUT2D eigenvalue weighted by atomic mass is 10.2. The van der Waals surface area contributed by atoms with Crippen LogP contribution in [0.2, 0.25) is 0 Å². The fourth-order valence-electron chi connectivity index (χ4n) is 1.54. The zero-order valence-electron chi connectivity index (χ0n) is 10.3. The SMILES string of the molecule is CC(C)c1nnc(SCc2ccccc2F)n1N. The first-order chi connectivity index (χ1) is 8.59. The van der Waals surface area contributed by atoms with E-state index in [-0.39, 0.29) is 11.7 Å². The van der Waals surface area contributed by atoms with Crippen molar-refractivity contribution in [3.05, 3.63) is 41.5 Å². The van der Waals surface area contributed by atoms with Crippen LogP contribution in [0, 0.1) is 5.82 Å². The molecule has 18 heavy (non-hydrogen) atoms. The molecule has 0 amide bonds. The number of hydrogen-bond acceptors (Lipinski definition) is 4. The van der Waals surface area contributed by atoms with Gasteiger partial charge in [0.25, 0.3) is 0 Å². The van der Waals surface area contributed by atoms with Gasteiger partial charge in [0.15, 0.2) is 5.82 Å². The van der Waals surface area contributed by atoms with Crippen molar-refractivity contribution >= 4 is 11.8 Å². The quantitative estimate of drug-likeness (QED) is 0.682. The number of nitrogens with two attached hydrogens (primary N) is 1. The van der Waals surface area contributed by atoms with Gasteiger partial charge in [0.1, 0.15) is 5.82 Å². The van der Waals surface area contributed by atoms with Gasteiger partial charge in [0.05, 0.1) is 0 Å². The standard InChI is InChI=1S/C12H15FN4S/c1-8(2)11-15-16-12(17(11)14)18-7-9-5-3-4-6-10(9)13/h3-6,8H,7,14H2,1-2H3. The third-order valence-corrected chi connectivity index (χ3v) is 3.51. The Morgan fingerprint density at radius 3 is 2.67 bits per heavy atom. The number of halogens is 1. The van der Waals surface area contributed by atoms with Crippen molar-refractivity contribution in [1.82, 2.24) is 14.9 Å². The molecule has 0 aliphatic rings. The van der Waals surface area contributed by atoms with Crippen LogP contribution in [0.15, 0.2) is 29.4 Å². The molecular formula is C12H15FN4S.